The van der Waals surface area contributed by atoms with Crippen molar-refractivity contribution in [3.05, 3.63) is 38.3 Å². The average molecular weight is 342 g/mol. The van der Waals surface area contributed by atoms with Gasteiger partial charge in [0.25, 0.3) is 5.69 Å². The van der Waals surface area contributed by atoms with Crippen LogP contribution >= 0.6 is 15.9 Å². The van der Waals surface area contributed by atoms with E-state index >= 15 is 0 Å². The van der Waals surface area contributed by atoms with Crippen molar-refractivity contribution in [2.75, 3.05) is 19.6 Å². The molecular formula is C14H20BrN3O2. The van der Waals surface area contributed by atoms with Crippen LogP contribution in [0.1, 0.15) is 25.3 Å². The normalized spacial score (nSPS) is 16.6. The van der Waals surface area contributed by atoms with Crippen molar-refractivity contribution in [3.63, 3.8) is 0 Å². The van der Waals surface area contributed by atoms with Crippen molar-refractivity contribution in [2.45, 2.75) is 32.4 Å². The lowest BCUT2D eigenvalue weighted by Gasteiger charge is -2.34. The molecule has 0 radical (unpaired) electrons. The first-order valence-corrected chi connectivity index (χ1v) is 7.78. The van der Waals surface area contributed by atoms with Crippen molar-refractivity contribution in [1.82, 2.24) is 10.2 Å². The lowest BCUT2D eigenvalue weighted by molar-refractivity contribution is -0.384. The Morgan fingerprint density at radius 3 is 2.70 bits per heavy atom. The first kappa shape index (κ1) is 15.4. The zero-order chi connectivity index (χ0) is 14.5. The summed E-state index contributed by atoms with van der Waals surface area (Å²) in [5.74, 6) is 0. The van der Waals surface area contributed by atoms with Crippen molar-refractivity contribution in [2.24, 2.45) is 0 Å². The Morgan fingerprint density at radius 1 is 1.45 bits per heavy atom. The number of hydrogen-bond acceptors (Lipinski definition) is 4. The van der Waals surface area contributed by atoms with Gasteiger partial charge in [0.1, 0.15) is 0 Å². The summed E-state index contributed by atoms with van der Waals surface area (Å²) in [6.07, 6.45) is 2.33. The summed E-state index contributed by atoms with van der Waals surface area (Å²) in [5.41, 5.74) is 1.24. The Morgan fingerprint density at radius 2 is 2.15 bits per heavy atom. The molecule has 1 N–H and O–H groups in total. The number of nitrogens with zero attached hydrogens (tertiary/aromatic N) is 2. The van der Waals surface area contributed by atoms with E-state index in [1.165, 1.54) is 12.8 Å². The van der Waals surface area contributed by atoms with Gasteiger partial charge in [-0.15, -0.1) is 0 Å². The highest BCUT2D eigenvalue weighted by atomic mass is 79.9. The van der Waals surface area contributed by atoms with Crippen LogP contribution in [-0.4, -0.2) is 35.5 Å². The van der Waals surface area contributed by atoms with Gasteiger partial charge < -0.3 is 5.32 Å². The Bertz CT molecular complexity index is 475. The maximum absolute atomic E-state index is 10.8. The summed E-state index contributed by atoms with van der Waals surface area (Å²) in [6, 6.07) is 5.62. The summed E-state index contributed by atoms with van der Waals surface area (Å²) in [5, 5.41) is 14.1. The SMILES string of the molecule is CCN(Cc1ccc([N+](=O)[O-])cc1Br)C1CCNCC1. The van der Waals surface area contributed by atoms with Crippen LogP contribution in [0.5, 0.6) is 0 Å². The summed E-state index contributed by atoms with van der Waals surface area (Å²) in [7, 11) is 0. The average Bonchev–Trinajstić information content (AvgIpc) is 2.46. The Labute approximate surface area is 127 Å². The molecule has 6 heteroatoms. The highest BCUT2D eigenvalue weighted by Crippen LogP contribution is 2.25. The van der Waals surface area contributed by atoms with Gasteiger partial charge in [-0.2, -0.15) is 0 Å². The number of hydrogen-bond donors (Lipinski definition) is 1. The van der Waals surface area contributed by atoms with Crippen LogP contribution in [0.3, 0.4) is 0 Å². The summed E-state index contributed by atoms with van der Waals surface area (Å²) >= 11 is 3.45. The fraction of sp³-hybridized carbons (Fsp3) is 0.571. The van der Waals surface area contributed by atoms with Gasteiger partial charge >= 0.3 is 0 Å². The molecule has 1 aromatic rings. The molecule has 20 heavy (non-hydrogen) atoms. The van der Waals surface area contributed by atoms with E-state index in [-0.39, 0.29) is 10.6 Å². The molecule has 0 saturated carbocycles. The third kappa shape index (κ3) is 3.77. The van der Waals surface area contributed by atoms with Crippen LogP contribution in [0.15, 0.2) is 22.7 Å². The highest BCUT2D eigenvalue weighted by Gasteiger charge is 2.20. The first-order chi connectivity index (χ1) is 9.61. The number of benzene rings is 1. The van der Waals surface area contributed by atoms with E-state index in [1.807, 2.05) is 6.07 Å². The van der Waals surface area contributed by atoms with Crippen LogP contribution in [0.4, 0.5) is 5.69 Å². The summed E-state index contributed by atoms with van der Waals surface area (Å²) < 4.78 is 0.819. The molecule has 1 fully saturated rings. The van der Waals surface area contributed by atoms with Gasteiger partial charge in [0.05, 0.1) is 4.92 Å². The van der Waals surface area contributed by atoms with Crippen LogP contribution < -0.4 is 5.32 Å². The molecule has 1 saturated heterocycles. The van der Waals surface area contributed by atoms with E-state index in [0.29, 0.717) is 6.04 Å². The monoisotopic (exact) mass is 341 g/mol. The summed E-state index contributed by atoms with van der Waals surface area (Å²) in [4.78, 5) is 12.8. The molecule has 0 bridgehead atoms. The molecule has 0 aromatic heterocycles. The number of nitrogens with one attached hydrogen (secondary N) is 1. The molecule has 1 aliphatic rings. The zero-order valence-corrected chi connectivity index (χ0v) is 13.2. The molecule has 0 unspecified atom stereocenters. The molecule has 1 aromatic carbocycles. The van der Waals surface area contributed by atoms with Gasteiger partial charge in [-0.1, -0.05) is 22.9 Å². The molecule has 110 valence electrons. The van der Waals surface area contributed by atoms with Crippen LogP contribution in [0.2, 0.25) is 0 Å². The molecule has 1 aliphatic heterocycles. The number of non-ortho nitro benzene ring substituents is 1. The molecular weight excluding hydrogens is 322 g/mol. The number of nitro benzene ring substituents is 1. The van der Waals surface area contributed by atoms with Gasteiger partial charge in [0.15, 0.2) is 0 Å². The minimum Gasteiger partial charge on any atom is -0.317 e. The molecule has 5 nitrogen and oxygen atoms in total. The number of piperidine rings is 1. The molecule has 0 atom stereocenters. The lowest BCUT2D eigenvalue weighted by atomic mass is 10.0. The third-order valence-corrected chi connectivity index (χ3v) is 4.59. The largest absolute Gasteiger partial charge is 0.317 e. The second-order valence-corrected chi connectivity index (χ2v) is 5.93. The number of halogens is 1. The van der Waals surface area contributed by atoms with Crippen LogP contribution in [0, 0.1) is 10.1 Å². The van der Waals surface area contributed by atoms with Gasteiger partial charge in [0.2, 0.25) is 0 Å². The van der Waals surface area contributed by atoms with E-state index in [9.17, 15) is 10.1 Å². The second-order valence-electron chi connectivity index (χ2n) is 5.08. The van der Waals surface area contributed by atoms with Crippen molar-refractivity contribution < 1.29 is 4.92 Å². The van der Waals surface area contributed by atoms with E-state index in [1.54, 1.807) is 12.1 Å². The minimum absolute atomic E-state index is 0.130. The minimum atomic E-state index is -0.362. The Hall–Kier alpha value is -0.980. The third-order valence-electron chi connectivity index (χ3n) is 3.85. The molecule has 1 heterocycles. The number of rotatable bonds is 5. The smallest absolute Gasteiger partial charge is 0.270 e. The standard InChI is InChI=1S/C14H20BrN3O2/c1-2-17(12-5-7-16-8-6-12)10-11-3-4-13(18(19)20)9-14(11)15/h3-4,9,12,16H,2,5-8,10H2,1H3. The molecule has 0 amide bonds. The van der Waals surface area contributed by atoms with E-state index in [4.69, 9.17) is 0 Å². The lowest BCUT2D eigenvalue weighted by Crippen LogP contribution is -2.42. The quantitative estimate of drug-likeness (QED) is 0.660. The van der Waals surface area contributed by atoms with E-state index < -0.39 is 0 Å². The van der Waals surface area contributed by atoms with Crippen molar-refractivity contribution >= 4 is 21.6 Å². The second kappa shape index (κ2) is 7.15. The fourth-order valence-electron chi connectivity index (χ4n) is 2.67. The Balaban J connectivity index is 2.08. The topological polar surface area (TPSA) is 58.4 Å². The molecule has 2 rings (SSSR count). The van der Waals surface area contributed by atoms with Gasteiger partial charge in [-0.05, 0) is 44.1 Å². The maximum atomic E-state index is 10.8. The molecule has 0 spiro atoms. The Kier molecular flexibility index (Phi) is 5.51. The van der Waals surface area contributed by atoms with Gasteiger partial charge in [0, 0.05) is 29.2 Å². The predicted octanol–water partition coefficient (Wildman–Crippen LogP) is 2.93. The maximum Gasteiger partial charge on any atom is 0.270 e. The number of nitro groups is 1. The summed E-state index contributed by atoms with van der Waals surface area (Å²) in [6.45, 7) is 6.14. The highest BCUT2D eigenvalue weighted by molar-refractivity contribution is 9.10. The van der Waals surface area contributed by atoms with Crippen molar-refractivity contribution in [1.29, 1.82) is 0 Å². The van der Waals surface area contributed by atoms with Crippen molar-refractivity contribution in [3.8, 4) is 0 Å². The predicted molar refractivity (Wildman–Crippen MR) is 82.8 cm³/mol. The van der Waals surface area contributed by atoms with E-state index in [2.05, 4.69) is 33.1 Å². The zero-order valence-electron chi connectivity index (χ0n) is 11.6. The van der Waals surface area contributed by atoms with Crippen LogP contribution in [0.25, 0.3) is 0 Å². The molecule has 0 aliphatic carbocycles. The fourth-order valence-corrected chi connectivity index (χ4v) is 3.16. The first-order valence-electron chi connectivity index (χ1n) is 6.99. The van der Waals surface area contributed by atoms with Gasteiger partial charge in [-0.3, -0.25) is 15.0 Å². The van der Waals surface area contributed by atoms with E-state index in [0.717, 1.165) is 36.2 Å². The van der Waals surface area contributed by atoms with Gasteiger partial charge in [-0.25, -0.2) is 0 Å². The van der Waals surface area contributed by atoms with Crippen LogP contribution in [-0.2, 0) is 6.54 Å².